The van der Waals surface area contributed by atoms with Crippen LogP contribution in [0.15, 0.2) is 46.3 Å². The van der Waals surface area contributed by atoms with Gasteiger partial charge in [-0.2, -0.15) is 0 Å². The Morgan fingerprint density at radius 1 is 1.16 bits per heavy atom. The molecule has 1 amide bonds. The van der Waals surface area contributed by atoms with Gasteiger partial charge in [0.15, 0.2) is 32.8 Å². The van der Waals surface area contributed by atoms with Crippen molar-refractivity contribution in [2.24, 2.45) is 0 Å². The number of carbonyl (C=O) groups is 1. The maximum atomic E-state index is 13.3. The molecule has 1 aromatic carbocycles. The molecule has 1 saturated heterocycles. The van der Waals surface area contributed by atoms with E-state index in [1.54, 1.807) is 23.1 Å². The summed E-state index contributed by atoms with van der Waals surface area (Å²) in [5.74, 6) is 1.42. The summed E-state index contributed by atoms with van der Waals surface area (Å²) < 4.78 is 40.6. The topological polar surface area (TPSA) is 98.9 Å². The second-order valence-corrected chi connectivity index (χ2v) is 10.8. The Morgan fingerprint density at radius 3 is 2.74 bits per heavy atom. The number of benzene rings is 1. The van der Waals surface area contributed by atoms with Crippen molar-refractivity contribution in [2.75, 3.05) is 24.7 Å². The summed E-state index contributed by atoms with van der Waals surface area (Å²) in [4.78, 5) is 15.9. The van der Waals surface area contributed by atoms with E-state index < -0.39 is 9.84 Å². The summed E-state index contributed by atoms with van der Waals surface area (Å²) in [6.07, 6.45) is 0.423. The van der Waals surface area contributed by atoms with Crippen LogP contribution in [0.25, 0.3) is 11.3 Å². The quantitative estimate of drug-likeness (QED) is 0.577. The van der Waals surface area contributed by atoms with Crippen LogP contribution in [0, 0.1) is 0 Å². The zero-order valence-corrected chi connectivity index (χ0v) is 18.2. The highest BCUT2D eigenvalue weighted by molar-refractivity contribution is 7.91. The molecule has 0 radical (unpaired) electrons. The second-order valence-electron chi connectivity index (χ2n) is 7.50. The summed E-state index contributed by atoms with van der Waals surface area (Å²) >= 11 is 1.52. The van der Waals surface area contributed by atoms with Gasteiger partial charge in [-0.1, -0.05) is 11.2 Å². The molecule has 2 aliphatic heterocycles. The van der Waals surface area contributed by atoms with Crippen molar-refractivity contribution in [3.63, 3.8) is 0 Å². The fourth-order valence-electron chi connectivity index (χ4n) is 3.81. The molecule has 0 spiro atoms. The molecule has 0 bridgehead atoms. The molecule has 1 atom stereocenters. The first-order chi connectivity index (χ1) is 15.0. The highest BCUT2D eigenvalue weighted by atomic mass is 32.2. The van der Waals surface area contributed by atoms with E-state index in [0.29, 0.717) is 49.0 Å². The Bertz CT molecular complexity index is 1200. The van der Waals surface area contributed by atoms with Gasteiger partial charge in [-0.25, -0.2) is 8.42 Å². The molecular formula is C21H20N2O6S2. The third-order valence-corrected chi connectivity index (χ3v) is 7.98. The highest BCUT2D eigenvalue weighted by Crippen LogP contribution is 2.35. The lowest BCUT2D eigenvalue weighted by atomic mass is 10.1. The van der Waals surface area contributed by atoms with Gasteiger partial charge in [-0.15, -0.1) is 11.3 Å². The summed E-state index contributed by atoms with van der Waals surface area (Å²) in [5.41, 5.74) is 0.856. The maximum Gasteiger partial charge on any atom is 0.276 e. The van der Waals surface area contributed by atoms with Gasteiger partial charge in [0.2, 0.25) is 0 Å². The number of hydrogen-bond donors (Lipinski definition) is 0. The van der Waals surface area contributed by atoms with Crippen LogP contribution in [0.2, 0.25) is 0 Å². The van der Waals surface area contributed by atoms with Crippen LogP contribution in [-0.2, 0) is 16.4 Å². The number of carbonyl (C=O) groups excluding carboxylic acids is 1. The number of nitrogens with zero attached hydrogens (tertiary/aromatic N) is 2. The average Bonchev–Trinajstić information content (AvgIpc) is 3.52. The number of fused-ring (bicyclic) bond motifs is 1. The Morgan fingerprint density at radius 2 is 2.00 bits per heavy atom. The molecule has 2 aromatic heterocycles. The highest BCUT2D eigenvalue weighted by Gasteiger charge is 2.36. The van der Waals surface area contributed by atoms with Crippen molar-refractivity contribution < 1.29 is 27.2 Å². The van der Waals surface area contributed by atoms with Crippen molar-refractivity contribution in [3.05, 3.63) is 52.3 Å². The van der Waals surface area contributed by atoms with E-state index in [9.17, 15) is 13.2 Å². The number of sulfone groups is 1. The van der Waals surface area contributed by atoms with Crippen molar-refractivity contribution in [1.82, 2.24) is 10.1 Å². The van der Waals surface area contributed by atoms with Crippen LogP contribution in [0.4, 0.5) is 0 Å². The lowest BCUT2D eigenvalue weighted by Crippen LogP contribution is -2.40. The Kier molecular flexibility index (Phi) is 5.19. The lowest BCUT2D eigenvalue weighted by molar-refractivity contribution is 0.0672. The van der Waals surface area contributed by atoms with E-state index >= 15 is 0 Å². The van der Waals surface area contributed by atoms with Crippen LogP contribution >= 0.6 is 11.3 Å². The van der Waals surface area contributed by atoms with E-state index in [-0.39, 0.29) is 29.1 Å². The molecular weight excluding hydrogens is 440 g/mol. The molecule has 0 N–H and O–H groups in total. The fourth-order valence-corrected chi connectivity index (χ4v) is 6.25. The number of amides is 1. The first-order valence-electron chi connectivity index (χ1n) is 9.89. The van der Waals surface area contributed by atoms with E-state index in [0.717, 1.165) is 4.88 Å². The van der Waals surface area contributed by atoms with E-state index in [1.165, 1.54) is 11.3 Å². The van der Waals surface area contributed by atoms with E-state index in [4.69, 9.17) is 14.0 Å². The lowest BCUT2D eigenvalue weighted by Gasteiger charge is -2.26. The summed E-state index contributed by atoms with van der Waals surface area (Å²) in [6.45, 7) is 1.31. The predicted molar refractivity (Wildman–Crippen MR) is 114 cm³/mol. The SMILES string of the molecule is O=C(c1cc(-c2ccc3c(c2)OCCO3)on1)N(Cc1cccs1)C1CCS(=O)(=O)C1. The predicted octanol–water partition coefficient (Wildman–Crippen LogP) is 3.00. The van der Waals surface area contributed by atoms with Gasteiger partial charge in [0.1, 0.15) is 13.2 Å². The Labute approximate surface area is 183 Å². The summed E-state index contributed by atoms with van der Waals surface area (Å²) in [7, 11) is -3.14. The summed E-state index contributed by atoms with van der Waals surface area (Å²) in [6, 6.07) is 10.4. The summed E-state index contributed by atoms with van der Waals surface area (Å²) in [5, 5.41) is 5.91. The molecule has 3 aromatic rings. The minimum atomic E-state index is -3.14. The number of thiophene rings is 1. The van der Waals surface area contributed by atoms with Gasteiger partial charge in [0.05, 0.1) is 18.1 Å². The standard InChI is InChI=1S/C21H20N2O6S2/c24-21(23(12-16-2-1-8-30-16)15-5-9-31(25,26)13-15)17-11-19(29-22-17)14-3-4-18-20(10-14)28-7-6-27-18/h1-4,8,10-11,15H,5-7,9,12-13H2. The monoisotopic (exact) mass is 460 g/mol. The van der Waals surface area contributed by atoms with Gasteiger partial charge >= 0.3 is 0 Å². The zero-order chi connectivity index (χ0) is 21.4. The van der Waals surface area contributed by atoms with Crippen molar-refractivity contribution >= 4 is 27.1 Å². The van der Waals surface area contributed by atoms with Gasteiger partial charge < -0.3 is 18.9 Å². The van der Waals surface area contributed by atoms with Crippen LogP contribution in [0.3, 0.4) is 0 Å². The first kappa shape index (κ1) is 20.1. The largest absolute Gasteiger partial charge is 0.486 e. The second kappa shape index (κ2) is 8.01. The number of rotatable bonds is 5. The van der Waals surface area contributed by atoms with Gasteiger partial charge in [0.25, 0.3) is 5.91 Å². The van der Waals surface area contributed by atoms with Crippen LogP contribution in [0.5, 0.6) is 11.5 Å². The van der Waals surface area contributed by atoms with E-state index in [1.807, 2.05) is 23.6 Å². The molecule has 0 saturated carbocycles. The number of hydrogen-bond acceptors (Lipinski definition) is 8. The zero-order valence-electron chi connectivity index (χ0n) is 16.5. The Balaban J connectivity index is 1.41. The molecule has 31 heavy (non-hydrogen) atoms. The third-order valence-electron chi connectivity index (χ3n) is 5.37. The molecule has 1 unspecified atom stereocenters. The van der Waals surface area contributed by atoms with E-state index in [2.05, 4.69) is 5.16 Å². The smallest absolute Gasteiger partial charge is 0.276 e. The minimum absolute atomic E-state index is 0.0308. The minimum Gasteiger partial charge on any atom is -0.486 e. The molecule has 5 rings (SSSR count). The molecule has 4 heterocycles. The Hall–Kier alpha value is -2.85. The van der Waals surface area contributed by atoms with Gasteiger partial charge in [0, 0.05) is 22.5 Å². The third kappa shape index (κ3) is 4.17. The average molecular weight is 461 g/mol. The van der Waals surface area contributed by atoms with Crippen molar-refractivity contribution in [1.29, 1.82) is 0 Å². The molecule has 2 aliphatic rings. The van der Waals surface area contributed by atoms with Crippen LogP contribution in [-0.4, -0.2) is 55.1 Å². The number of aromatic nitrogens is 1. The molecule has 10 heteroatoms. The molecule has 1 fully saturated rings. The van der Waals surface area contributed by atoms with Crippen molar-refractivity contribution in [2.45, 2.75) is 19.0 Å². The normalized spacial score (nSPS) is 19.3. The molecule has 8 nitrogen and oxygen atoms in total. The van der Waals surface area contributed by atoms with Crippen LogP contribution < -0.4 is 9.47 Å². The molecule has 0 aliphatic carbocycles. The maximum absolute atomic E-state index is 13.3. The van der Waals surface area contributed by atoms with Crippen LogP contribution in [0.1, 0.15) is 21.8 Å². The van der Waals surface area contributed by atoms with Crippen molar-refractivity contribution in [3.8, 4) is 22.8 Å². The first-order valence-corrected chi connectivity index (χ1v) is 12.6. The molecule has 162 valence electrons. The fraction of sp³-hybridized carbons (Fsp3) is 0.333. The van der Waals surface area contributed by atoms with Gasteiger partial charge in [-0.05, 0) is 36.1 Å². The number of ether oxygens (including phenoxy) is 2. The van der Waals surface area contributed by atoms with Gasteiger partial charge in [-0.3, -0.25) is 4.79 Å².